The third kappa shape index (κ3) is 4.47. The Morgan fingerprint density at radius 1 is 1.03 bits per heavy atom. The molecule has 11 heteroatoms. The molecule has 0 radical (unpaired) electrons. The van der Waals surface area contributed by atoms with E-state index in [2.05, 4.69) is 10.6 Å². The van der Waals surface area contributed by atoms with E-state index in [-0.39, 0.29) is 20.6 Å². The maximum Gasteiger partial charge on any atom is 0.314 e. The molecular weight excluding hydrogens is 477 g/mol. The maximum absolute atomic E-state index is 13.3. The molecule has 0 spiro atoms. The lowest BCUT2D eigenvalue weighted by molar-refractivity contribution is -0.132. The topological polar surface area (TPSA) is 95.6 Å². The van der Waals surface area contributed by atoms with Crippen molar-refractivity contribution in [3.05, 3.63) is 70.3 Å². The zero-order chi connectivity index (χ0) is 22.9. The van der Waals surface area contributed by atoms with E-state index < -0.39 is 27.7 Å². The van der Waals surface area contributed by atoms with Gasteiger partial charge in [-0.1, -0.05) is 23.7 Å². The summed E-state index contributed by atoms with van der Waals surface area (Å²) >= 11 is 6.82. The number of fused-ring (bicyclic) bond motifs is 1. The standard InChI is InChI=1S/C21H17ClFN3O4S2/c22-16-11-14(7-8-17(16)23)24-20(27)21(28)25-15-6-5-13-3-1-9-26(18(13)12-15)32(29,30)19-4-2-10-31-19/h2,4-8,10-12H,1,3,9H2,(H,24,27)(H,25,28). The molecule has 1 aromatic heterocycles. The van der Waals surface area contributed by atoms with Crippen molar-refractivity contribution in [3.8, 4) is 0 Å². The molecule has 0 atom stereocenters. The molecule has 0 unspecified atom stereocenters. The van der Waals surface area contributed by atoms with Crippen LogP contribution in [-0.4, -0.2) is 26.8 Å². The Labute approximate surface area is 192 Å². The molecule has 7 nitrogen and oxygen atoms in total. The fourth-order valence-electron chi connectivity index (χ4n) is 3.34. The van der Waals surface area contributed by atoms with E-state index in [4.69, 9.17) is 11.6 Å². The second-order valence-electron chi connectivity index (χ2n) is 6.99. The Kier molecular flexibility index (Phi) is 6.18. The van der Waals surface area contributed by atoms with Gasteiger partial charge in [0.15, 0.2) is 0 Å². The smallest absolute Gasteiger partial charge is 0.314 e. The lowest BCUT2D eigenvalue weighted by atomic mass is 10.0. The van der Waals surface area contributed by atoms with Gasteiger partial charge in [-0.15, -0.1) is 11.3 Å². The normalized spacial score (nSPS) is 13.4. The summed E-state index contributed by atoms with van der Waals surface area (Å²) in [6.45, 7) is 0.316. The van der Waals surface area contributed by atoms with Crippen molar-refractivity contribution in [3.63, 3.8) is 0 Å². The van der Waals surface area contributed by atoms with Crippen molar-refractivity contribution in [2.45, 2.75) is 17.1 Å². The van der Waals surface area contributed by atoms with E-state index in [0.29, 0.717) is 25.1 Å². The Morgan fingerprint density at radius 3 is 2.38 bits per heavy atom. The van der Waals surface area contributed by atoms with E-state index in [1.54, 1.807) is 35.7 Å². The highest BCUT2D eigenvalue weighted by atomic mass is 35.5. The highest BCUT2D eigenvalue weighted by molar-refractivity contribution is 7.94. The van der Waals surface area contributed by atoms with Crippen LogP contribution in [0.5, 0.6) is 0 Å². The minimum Gasteiger partial charge on any atom is -0.318 e. The molecule has 3 aromatic rings. The second kappa shape index (κ2) is 8.89. The van der Waals surface area contributed by atoms with Crippen molar-refractivity contribution in [2.75, 3.05) is 21.5 Å². The summed E-state index contributed by atoms with van der Waals surface area (Å²) in [7, 11) is -3.73. The van der Waals surface area contributed by atoms with Gasteiger partial charge < -0.3 is 10.6 Å². The minimum absolute atomic E-state index is 0.162. The number of carbonyl (C=O) groups is 2. The van der Waals surface area contributed by atoms with Gasteiger partial charge in [-0.2, -0.15) is 0 Å². The number of thiophene rings is 1. The first-order valence-corrected chi connectivity index (χ1v) is 12.2. The molecule has 4 rings (SSSR count). The lowest BCUT2D eigenvalue weighted by Crippen LogP contribution is -2.35. The van der Waals surface area contributed by atoms with Gasteiger partial charge in [-0.3, -0.25) is 13.9 Å². The van der Waals surface area contributed by atoms with Crippen LogP contribution in [0.15, 0.2) is 58.1 Å². The van der Waals surface area contributed by atoms with Crippen LogP contribution >= 0.6 is 22.9 Å². The Balaban J connectivity index is 1.53. The van der Waals surface area contributed by atoms with Gasteiger partial charge in [-0.25, -0.2) is 12.8 Å². The number of aryl methyl sites for hydroxylation is 1. The van der Waals surface area contributed by atoms with Crippen molar-refractivity contribution in [2.24, 2.45) is 0 Å². The number of hydrogen-bond donors (Lipinski definition) is 2. The third-order valence-corrected chi connectivity index (χ3v) is 8.32. The molecule has 2 heterocycles. The molecule has 0 aliphatic carbocycles. The van der Waals surface area contributed by atoms with Crippen LogP contribution in [-0.2, 0) is 26.0 Å². The zero-order valence-electron chi connectivity index (χ0n) is 16.5. The molecule has 0 bridgehead atoms. The number of halogens is 2. The van der Waals surface area contributed by atoms with Gasteiger partial charge in [0, 0.05) is 17.9 Å². The Bertz CT molecular complexity index is 1300. The SMILES string of the molecule is O=C(Nc1ccc(F)c(Cl)c1)C(=O)Nc1ccc2c(c1)N(S(=O)(=O)c1cccs1)CCC2. The first kappa shape index (κ1) is 22.3. The highest BCUT2D eigenvalue weighted by Gasteiger charge is 2.30. The van der Waals surface area contributed by atoms with Crippen molar-refractivity contribution in [1.82, 2.24) is 0 Å². The van der Waals surface area contributed by atoms with Crippen molar-refractivity contribution in [1.29, 1.82) is 0 Å². The number of nitrogens with zero attached hydrogens (tertiary/aromatic N) is 1. The number of hydrogen-bond acceptors (Lipinski definition) is 5. The van der Waals surface area contributed by atoms with Crippen molar-refractivity contribution >= 4 is 61.8 Å². The largest absolute Gasteiger partial charge is 0.318 e. The molecule has 32 heavy (non-hydrogen) atoms. The van der Waals surface area contributed by atoms with Gasteiger partial charge in [0.05, 0.1) is 10.7 Å². The highest BCUT2D eigenvalue weighted by Crippen LogP contribution is 2.35. The maximum atomic E-state index is 13.3. The molecular formula is C21H17ClFN3O4S2. The van der Waals surface area contributed by atoms with Crippen molar-refractivity contribution < 1.29 is 22.4 Å². The number of amides is 2. The monoisotopic (exact) mass is 493 g/mol. The quantitative estimate of drug-likeness (QED) is 0.531. The van der Waals surface area contributed by atoms with Gasteiger partial charge in [0.2, 0.25) is 0 Å². The number of carbonyl (C=O) groups excluding carboxylic acids is 2. The summed E-state index contributed by atoms with van der Waals surface area (Å²) in [6, 6.07) is 11.6. The number of benzene rings is 2. The Morgan fingerprint density at radius 2 is 1.72 bits per heavy atom. The van der Waals surface area contributed by atoms with Gasteiger partial charge >= 0.3 is 11.8 Å². The van der Waals surface area contributed by atoms with Gasteiger partial charge in [0.1, 0.15) is 10.0 Å². The zero-order valence-corrected chi connectivity index (χ0v) is 18.9. The molecule has 0 saturated carbocycles. The molecule has 166 valence electrons. The first-order valence-electron chi connectivity index (χ1n) is 9.52. The fourth-order valence-corrected chi connectivity index (χ4v) is 6.15. The van der Waals surface area contributed by atoms with Crippen LogP contribution in [0.4, 0.5) is 21.5 Å². The van der Waals surface area contributed by atoms with Crippen LogP contribution in [0.2, 0.25) is 5.02 Å². The molecule has 2 aromatic carbocycles. The Hall–Kier alpha value is -2.95. The third-order valence-electron chi connectivity index (χ3n) is 4.84. The minimum atomic E-state index is -3.73. The summed E-state index contributed by atoms with van der Waals surface area (Å²) in [6.07, 6.45) is 1.37. The molecule has 0 fully saturated rings. The van der Waals surface area contributed by atoms with Crippen LogP contribution in [0.25, 0.3) is 0 Å². The van der Waals surface area contributed by atoms with E-state index >= 15 is 0 Å². The van der Waals surface area contributed by atoms with Crippen LogP contribution in [0.3, 0.4) is 0 Å². The average Bonchev–Trinajstić information content (AvgIpc) is 3.31. The summed E-state index contributed by atoms with van der Waals surface area (Å²) in [5, 5.41) is 6.31. The van der Waals surface area contributed by atoms with Crippen LogP contribution in [0, 0.1) is 5.82 Å². The fraction of sp³-hybridized carbons (Fsp3) is 0.143. The number of anilines is 3. The number of rotatable bonds is 4. The van der Waals surface area contributed by atoms with E-state index in [1.165, 1.54) is 16.4 Å². The lowest BCUT2D eigenvalue weighted by Gasteiger charge is -2.30. The van der Waals surface area contributed by atoms with Gasteiger partial charge in [0.25, 0.3) is 10.0 Å². The van der Waals surface area contributed by atoms with E-state index in [9.17, 15) is 22.4 Å². The van der Waals surface area contributed by atoms with Gasteiger partial charge in [-0.05, 0) is 60.2 Å². The predicted octanol–water partition coefficient (Wildman–Crippen LogP) is 4.26. The molecule has 1 aliphatic heterocycles. The second-order valence-corrected chi connectivity index (χ2v) is 10.4. The summed E-state index contributed by atoms with van der Waals surface area (Å²) < 4.78 is 40.9. The van der Waals surface area contributed by atoms with Crippen LogP contribution in [0.1, 0.15) is 12.0 Å². The number of sulfonamides is 1. The molecule has 2 N–H and O–H groups in total. The molecule has 1 aliphatic rings. The van der Waals surface area contributed by atoms with E-state index in [1.807, 2.05) is 0 Å². The predicted molar refractivity (Wildman–Crippen MR) is 122 cm³/mol. The first-order chi connectivity index (χ1) is 15.3. The number of nitrogens with one attached hydrogen (secondary N) is 2. The van der Waals surface area contributed by atoms with Crippen LogP contribution < -0.4 is 14.9 Å². The molecule has 0 saturated heterocycles. The molecule has 2 amide bonds. The summed E-state index contributed by atoms with van der Waals surface area (Å²) in [5.74, 6) is -2.59. The average molecular weight is 494 g/mol. The summed E-state index contributed by atoms with van der Waals surface area (Å²) in [4.78, 5) is 24.6. The summed E-state index contributed by atoms with van der Waals surface area (Å²) in [5.41, 5.74) is 1.73. The van der Waals surface area contributed by atoms with E-state index in [0.717, 1.165) is 23.0 Å².